The molecule has 6 nitrogen and oxygen atoms in total. The molecule has 0 fully saturated rings. The predicted molar refractivity (Wildman–Crippen MR) is 81.8 cm³/mol. The molecule has 0 saturated heterocycles. The molecule has 22 heavy (non-hydrogen) atoms. The molecular formula is C16H15N3O3. The summed E-state index contributed by atoms with van der Waals surface area (Å²) in [5.41, 5.74) is 0.836. The van der Waals surface area contributed by atoms with E-state index in [9.17, 15) is 4.79 Å². The zero-order valence-electron chi connectivity index (χ0n) is 12.0. The number of benzene rings is 2. The van der Waals surface area contributed by atoms with Crippen LogP contribution in [0.15, 0.2) is 48.5 Å². The Balaban J connectivity index is 1.87. The Morgan fingerprint density at radius 3 is 2.55 bits per heavy atom. The molecule has 0 heterocycles. The van der Waals surface area contributed by atoms with Gasteiger partial charge in [-0.25, -0.2) is 4.79 Å². The summed E-state index contributed by atoms with van der Waals surface area (Å²) in [5, 5.41) is 14.1. The maximum absolute atomic E-state index is 11.8. The van der Waals surface area contributed by atoms with Crippen LogP contribution in [0.4, 0.5) is 10.5 Å². The first-order chi connectivity index (χ1) is 10.7. The molecule has 0 unspecified atom stereocenters. The lowest BCUT2D eigenvalue weighted by atomic mass is 10.2. The summed E-state index contributed by atoms with van der Waals surface area (Å²) in [6.07, 6.45) is 0. The van der Waals surface area contributed by atoms with Crippen molar-refractivity contribution >= 4 is 11.7 Å². The zero-order valence-corrected chi connectivity index (χ0v) is 12.0. The number of para-hydroxylation sites is 3. The molecule has 0 saturated carbocycles. The van der Waals surface area contributed by atoms with Crippen LogP contribution in [0.5, 0.6) is 11.5 Å². The van der Waals surface area contributed by atoms with Gasteiger partial charge in [0, 0.05) is 0 Å². The number of nitrogens with one attached hydrogen (secondary N) is 2. The van der Waals surface area contributed by atoms with E-state index >= 15 is 0 Å². The van der Waals surface area contributed by atoms with E-state index in [1.165, 1.54) is 0 Å². The normalized spacial score (nSPS) is 9.45. The van der Waals surface area contributed by atoms with Gasteiger partial charge in [-0.05, 0) is 24.3 Å². The number of amides is 2. The van der Waals surface area contributed by atoms with Gasteiger partial charge in [-0.2, -0.15) is 5.26 Å². The zero-order chi connectivity index (χ0) is 15.8. The van der Waals surface area contributed by atoms with Gasteiger partial charge in [-0.15, -0.1) is 0 Å². The Labute approximate surface area is 128 Å². The molecule has 0 aliphatic carbocycles. The third-order valence-electron chi connectivity index (χ3n) is 2.83. The molecule has 0 aliphatic heterocycles. The van der Waals surface area contributed by atoms with E-state index in [-0.39, 0.29) is 6.73 Å². The van der Waals surface area contributed by atoms with Gasteiger partial charge >= 0.3 is 6.03 Å². The van der Waals surface area contributed by atoms with E-state index in [0.717, 1.165) is 0 Å². The Kier molecular flexibility index (Phi) is 5.21. The average molecular weight is 297 g/mol. The van der Waals surface area contributed by atoms with Gasteiger partial charge < -0.3 is 20.1 Å². The Morgan fingerprint density at radius 2 is 1.82 bits per heavy atom. The summed E-state index contributed by atoms with van der Waals surface area (Å²) in [6, 6.07) is 15.4. The molecule has 2 amide bonds. The summed E-state index contributed by atoms with van der Waals surface area (Å²) in [5.74, 6) is 1.11. The van der Waals surface area contributed by atoms with Crippen molar-refractivity contribution in [2.75, 3.05) is 19.2 Å². The van der Waals surface area contributed by atoms with Crippen molar-refractivity contribution in [1.29, 1.82) is 5.26 Å². The van der Waals surface area contributed by atoms with Crippen molar-refractivity contribution < 1.29 is 14.3 Å². The molecule has 0 radical (unpaired) electrons. The first-order valence-electron chi connectivity index (χ1n) is 6.54. The highest BCUT2D eigenvalue weighted by Gasteiger charge is 2.06. The van der Waals surface area contributed by atoms with Crippen molar-refractivity contribution in [2.45, 2.75) is 0 Å². The van der Waals surface area contributed by atoms with E-state index in [4.69, 9.17) is 14.7 Å². The Hall–Kier alpha value is -3.20. The third-order valence-corrected chi connectivity index (χ3v) is 2.83. The van der Waals surface area contributed by atoms with Gasteiger partial charge in [-0.1, -0.05) is 24.3 Å². The van der Waals surface area contributed by atoms with Crippen LogP contribution in [-0.4, -0.2) is 19.9 Å². The molecule has 0 aromatic heterocycles. The number of hydrogen-bond acceptors (Lipinski definition) is 4. The van der Waals surface area contributed by atoms with E-state index < -0.39 is 6.03 Å². The SMILES string of the molecule is COc1ccccc1OCNC(=O)Nc1ccccc1C#N. The molecule has 0 aliphatic rings. The molecule has 0 spiro atoms. The fourth-order valence-corrected chi connectivity index (χ4v) is 1.77. The smallest absolute Gasteiger partial charge is 0.321 e. The fourth-order valence-electron chi connectivity index (χ4n) is 1.77. The molecule has 0 bridgehead atoms. The van der Waals surface area contributed by atoms with Gasteiger partial charge in [0.05, 0.1) is 18.4 Å². The van der Waals surface area contributed by atoms with Crippen LogP contribution >= 0.6 is 0 Å². The number of carbonyl (C=O) groups is 1. The number of methoxy groups -OCH3 is 1. The molecule has 112 valence electrons. The number of nitrogens with zero attached hydrogens (tertiary/aromatic N) is 1. The first kappa shape index (κ1) is 15.2. The lowest BCUT2D eigenvalue weighted by Crippen LogP contribution is -2.32. The van der Waals surface area contributed by atoms with Crippen molar-refractivity contribution in [2.24, 2.45) is 0 Å². The number of ether oxygens (including phenoxy) is 2. The average Bonchev–Trinajstić information content (AvgIpc) is 2.55. The second kappa shape index (κ2) is 7.55. The largest absolute Gasteiger partial charge is 0.493 e. The van der Waals surface area contributed by atoms with Crippen molar-refractivity contribution in [3.05, 3.63) is 54.1 Å². The highest BCUT2D eigenvalue weighted by Crippen LogP contribution is 2.25. The summed E-state index contributed by atoms with van der Waals surface area (Å²) >= 11 is 0. The number of carbonyl (C=O) groups excluding carboxylic acids is 1. The van der Waals surface area contributed by atoms with Gasteiger partial charge in [-0.3, -0.25) is 0 Å². The summed E-state index contributed by atoms with van der Waals surface area (Å²) in [4.78, 5) is 11.8. The maximum atomic E-state index is 11.8. The van der Waals surface area contributed by atoms with Gasteiger partial charge in [0.15, 0.2) is 18.2 Å². The standard InChI is InChI=1S/C16H15N3O3/c1-21-14-8-4-5-9-15(14)22-11-18-16(20)19-13-7-3-2-6-12(13)10-17/h2-9H,11H2,1H3,(H2,18,19,20). The molecule has 2 aromatic rings. The molecule has 2 N–H and O–H groups in total. The van der Waals surface area contributed by atoms with E-state index in [1.54, 1.807) is 49.6 Å². The highest BCUT2D eigenvalue weighted by molar-refractivity contribution is 5.90. The van der Waals surface area contributed by atoms with Crippen LogP contribution in [0.1, 0.15) is 5.56 Å². The Bertz CT molecular complexity index is 695. The second-order valence-corrected chi connectivity index (χ2v) is 4.23. The monoisotopic (exact) mass is 297 g/mol. The van der Waals surface area contributed by atoms with Gasteiger partial charge in [0.25, 0.3) is 0 Å². The third kappa shape index (κ3) is 3.90. The number of urea groups is 1. The van der Waals surface area contributed by atoms with Crippen molar-refractivity contribution in [3.63, 3.8) is 0 Å². The minimum absolute atomic E-state index is 0.0269. The molecular weight excluding hydrogens is 282 g/mol. The maximum Gasteiger partial charge on any atom is 0.321 e. The van der Waals surface area contributed by atoms with Crippen molar-refractivity contribution in [1.82, 2.24) is 5.32 Å². The van der Waals surface area contributed by atoms with Crippen LogP contribution < -0.4 is 20.1 Å². The topological polar surface area (TPSA) is 83.4 Å². The number of hydrogen-bond donors (Lipinski definition) is 2. The second-order valence-electron chi connectivity index (χ2n) is 4.23. The number of anilines is 1. The number of nitriles is 1. The van der Waals surface area contributed by atoms with Crippen LogP contribution in [0.2, 0.25) is 0 Å². The lowest BCUT2D eigenvalue weighted by Gasteiger charge is -2.12. The van der Waals surface area contributed by atoms with Crippen LogP contribution in [-0.2, 0) is 0 Å². The van der Waals surface area contributed by atoms with Gasteiger partial charge in [0.1, 0.15) is 6.07 Å². The predicted octanol–water partition coefficient (Wildman–Crippen LogP) is 2.72. The summed E-state index contributed by atoms with van der Waals surface area (Å²) in [6.45, 7) is -0.0269. The minimum atomic E-state index is -0.461. The van der Waals surface area contributed by atoms with E-state index in [1.807, 2.05) is 12.1 Å². The highest BCUT2D eigenvalue weighted by atomic mass is 16.5. The summed E-state index contributed by atoms with van der Waals surface area (Å²) < 4.78 is 10.6. The van der Waals surface area contributed by atoms with E-state index in [2.05, 4.69) is 10.6 Å². The Morgan fingerprint density at radius 1 is 1.14 bits per heavy atom. The molecule has 6 heteroatoms. The van der Waals surface area contributed by atoms with Crippen LogP contribution in [0, 0.1) is 11.3 Å². The quantitative estimate of drug-likeness (QED) is 0.831. The van der Waals surface area contributed by atoms with Crippen LogP contribution in [0.3, 0.4) is 0 Å². The van der Waals surface area contributed by atoms with Gasteiger partial charge in [0.2, 0.25) is 0 Å². The first-order valence-corrected chi connectivity index (χ1v) is 6.54. The fraction of sp³-hybridized carbons (Fsp3) is 0.125. The summed E-state index contributed by atoms with van der Waals surface area (Å²) in [7, 11) is 1.54. The van der Waals surface area contributed by atoms with Crippen LogP contribution in [0.25, 0.3) is 0 Å². The van der Waals surface area contributed by atoms with E-state index in [0.29, 0.717) is 22.7 Å². The molecule has 2 aromatic carbocycles. The van der Waals surface area contributed by atoms with Crippen molar-refractivity contribution in [3.8, 4) is 17.6 Å². The minimum Gasteiger partial charge on any atom is -0.493 e. The molecule has 2 rings (SSSR count). The number of rotatable bonds is 5. The lowest BCUT2D eigenvalue weighted by molar-refractivity contribution is 0.231. The molecule has 0 atom stereocenters.